The van der Waals surface area contributed by atoms with E-state index >= 15 is 0 Å². The number of rotatable bonds is 4. The van der Waals surface area contributed by atoms with Gasteiger partial charge in [-0.05, 0) is 38.2 Å². The highest BCUT2D eigenvalue weighted by Crippen LogP contribution is 2.46. The van der Waals surface area contributed by atoms with Crippen molar-refractivity contribution in [2.45, 2.75) is 49.3 Å². The fourth-order valence-electron chi connectivity index (χ4n) is 6.77. The Bertz CT molecular complexity index is 1970. The predicted molar refractivity (Wildman–Crippen MR) is 158 cm³/mol. The molecule has 7 atom stereocenters. The monoisotopic (exact) mass is 579 g/mol. The van der Waals surface area contributed by atoms with E-state index in [-0.39, 0.29) is 18.8 Å². The molecule has 0 saturated carbocycles. The van der Waals surface area contributed by atoms with Gasteiger partial charge in [0.2, 0.25) is 0 Å². The van der Waals surface area contributed by atoms with Crippen molar-refractivity contribution in [2.75, 3.05) is 12.3 Å². The molecule has 11 heteroatoms. The highest BCUT2D eigenvalue weighted by atomic mass is 16.6. The van der Waals surface area contributed by atoms with Crippen LogP contribution in [0.4, 0.5) is 5.82 Å². The average molecular weight is 580 g/mol. The van der Waals surface area contributed by atoms with Crippen molar-refractivity contribution in [2.24, 2.45) is 0 Å². The van der Waals surface area contributed by atoms with Crippen LogP contribution in [0.5, 0.6) is 0 Å². The second-order valence-corrected chi connectivity index (χ2v) is 11.3. The van der Waals surface area contributed by atoms with Crippen LogP contribution in [0.3, 0.4) is 0 Å². The molecule has 5 aromatic rings. The summed E-state index contributed by atoms with van der Waals surface area (Å²) in [5, 5.41) is 48.8. The Hall–Kier alpha value is -4.23. The zero-order valence-corrected chi connectivity index (χ0v) is 22.9. The van der Waals surface area contributed by atoms with Crippen LogP contribution in [-0.2, 0) is 9.47 Å². The minimum absolute atomic E-state index is 0.0109. The minimum Gasteiger partial charge on any atom is -0.390 e. The van der Waals surface area contributed by atoms with E-state index in [4.69, 9.17) is 15.2 Å². The first-order chi connectivity index (χ1) is 20.9. The third-order valence-electron chi connectivity index (χ3n) is 8.92. The van der Waals surface area contributed by atoms with Gasteiger partial charge in [0.25, 0.3) is 0 Å². The number of aliphatic hydroxyl groups excluding tert-OH is 4. The molecule has 0 spiro atoms. The molecule has 8 rings (SSSR count). The molecule has 3 aromatic carbocycles. The summed E-state index contributed by atoms with van der Waals surface area (Å²) in [6.07, 6.45) is 0.110. The molecule has 0 radical (unpaired) electrons. The van der Waals surface area contributed by atoms with Crippen LogP contribution >= 0.6 is 0 Å². The number of aromatic nitrogens is 4. The van der Waals surface area contributed by atoms with E-state index in [1.807, 2.05) is 54.6 Å². The number of aliphatic hydroxyl groups is 4. The van der Waals surface area contributed by atoms with Gasteiger partial charge in [-0.1, -0.05) is 60.7 Å². The number of hydrogen-bond donors (Lipinski definition) is 5. The van der Waals surface area contributed by atoms with Crippen molar-refractivity contribution in [1.82, 2.24) is 19.5 Å². The quantitative estimate of drug-likeness (QED) is 0.200. The van der Waals surface area contributed by atoms with Crippen LogP contribution < -0.4 is 5.73 Å². The number of allylic oxidation sites excluding steroid dienone is 2. The number of benzene rings is 3. The molecule has 3 aliphatic rings. The summed E-state index contributed by atoms with van der Waals surface area (Å²) in [5.74, 6) is 0.258. The van der Waals surface area contributed by atoms with Gasteiger partial charge in [-0.15, -0.1) is 0 Å². The maximum Gasteiger partial charge on any atom is 0.167 e. The molecule has 3 heterocycles. The zero-order valence-electron chi connectivity index (χ0n) is 22.9. The lowest BCUT2D eigenvalue weighted by Crippen LogP contribution is -2.42. The second-order valence-electron chi connectivity index (χ2n) is 11.3. The molecule has 1 aliphatic heterocycles. The summed E-state index contributed by atoms with van der Waals surface area (Å²) in [6, 6.07) is 16.0. The molecule has 218 valence electrons. The van der Waals surface area contributed by atoms with Crippen molar-refractivity contribution in [3.05, 3.63) is 90.0 Å². The molecule has 0 amide bonds. The maximum absolute atomic E-state index is 11.4. The van der Waals surface area contributed by atoms with Crippen LogP contribution in [-0.4, -0.2) is 77.1 Å². The minimum atomic E-state index is -1.33. The topological polar surface area (TPSA) is 169 Å². The maximum atomic E-state index is 11.4. The molecule has 43 heavy (non-hydrogen) atoms. The number of anilines is 1. The van der Waals surface area contributed by atoms with Gasteiger partial charge in [-0.25, -0.2) is 15.0 Å². The van der Waals surface area contributed by atoms with Gasteiger partial charge in [0.1, 0.15) is 48.6 Å². The largest absolute Gasteiger partial charge is 0.390 e. The molecule has 2 aliphatic carbocycles. The average Bonchev–Trinajstić information content (AvgIpc) is 3.62. The normalized spacial score (nSPS) is 28.6. The van der Waals surface area contributed by atoms with Crippen LogP contribution in [0.25, 0.3) is 38.3 Å². The number of hydrogen-bond acceptors (Lipinski definition) is 10. The third kappa shape index (κ3) is 4.01. The van der Waals surface area contributed by atoms with Gasteiger partial charge in [0.05, 0.1) is 19.0 Å². The van der Waals surface area contributed by atoms with Gasteiger partial charge in [-0.3, -0.25) is 4.57 Å². The van der Waals surface area contributed by atoms with Crippen molar-refractivity contribution in [3.8, 4) is 0 Å². The van der Waals surface area contributed by atoms with E-state index in [2.05, 4.69) is 15.0 Å². The van der Waals surface area contributed by atoms with E-state index in [0.29, 0.717) is 27.9 Å². The molecule has 11 nitrogen and oxygen atoms in total. The van der Waals surface area contributed by atoms with Crippen molar-refractivity contribution >= 4 is 44.1 Å². The van der Waals surface area contributed by atoms with Gasteiger partial charge < -0.3 is 35.6 Å². The summed E-state index contributed by atoms with van der Waals surface area (Å²) in [6.45, 7) is -0.0109. The van der Waals surface area contributed by atoms with Gasteiger partial charge in [0, 0.05) is 12.0 Å². The molecule has 2 aromatic heterocycles. The SMILES string of the molecule is Nc1ncnc2c1ncn2[C@H]1C[C@H](O)[C@@H](CO[C@@H]2C=CC3=C([C@H]2O)[C@@H](O)[C@@H](O)c2c3ccc3c2ccc2ccccc23)O1. The Morgan fingerprint density at radius 1 is 0.907 bits per heavy atom. The first-order valence-electron chi connectivity index (χ1n) is 14.2. The van der Waals surface area contributed by atoms with Crippen molar-refractivity contribution < 1.29 is 29.9 Å². The van der Waals surface area contributed by atoms with E-state index in [9.17, 15) is 20.4 Å². The fraction of sp³-hybridized carbons (Fsp3) is 0.281. The van der Waals surface area contributed by atoms with Crippen LogP contribution in [0, 0.1) is 0 Å². The molecule has 6 N–H and O–H groups in total. The first-order valence-corrected chi connectivity index (χ1v) is 14.2. The lowest BCUT2D eigenvalue weighted by molar-refractivity contribution is -0.0901. The van der Waals surface area contributed by atoms with Crippen LogP contribution in [0.2, 0.25) is 0 Å². The Morgan fingerprint density at radius 3 is 2.63 bits per heavy atom. The third-order valence-corrected chi connectivity index (χ3v) is 8.92. The molecule has 1 fully saturated rings. The molecule has 0 bridgehead atoms. The Kier molecular flexibility index (Phi) is 6.09. The van der Waals surface area contributed by atoms with Gasteiger partial charge >= 0.3 is 0 Å². The smallest absolute Gasteiger partial charge is 0.167 e. The van der Waals surface area contributed by atoms with Gasteiger partial charge in [0.15, 0.2) is 11.5 Å². The van der Waals surface area contributed by atoms with Crippen molar-refractivity contribution in [1.29, 1.82) is 0 Å². The molecule has 1 saturated heterocycles. The zero-order chi connectivity index (χ0) is 29.4. The number of nitrogens with two attached hydrogens (primary N) is 1. The fourth-order valence-corrected chi connectivity index (χ4v) is 6.77. The van der Waals surface area contributed by atoms with E-state index in [1.54, 1.807) is 17.0 Å². The van der Waals surface area contributed by atoms with Crippen LogP contribution in [0.1, 0.15) is 29.9 Å². The first kappa shape index (κ1) is 26.4. The van der Waals surface area contributed by atoms with E-state index < -0.39 is 42.9 Å². The number of fused-ring (bicyclic) bond motifs is 7. The van der Waals surface area contributed by atoms with Crippen molar-refractivity contribution in [3.63, 3.8) is 0 Å². The summed E-state index contributed by atoms with van der Waals surface area (Å²) in [4.78, 5) is 12.5. The molecular formula is C32H29N5O6. The van der Waals surface area contributed by atoms with Gasteiger partial charge in [-0.2, -0.15) is 0 Å². The number of nitrogen functional groups attached to an aromatic ring is 1. The highest BCUT2D eigenvalue weighted by Gasteiger charge is 2.42. The molecular weight excluding hydrogens is 550 g/mol. The standard InChI is InChI=1S/C32H29N5O6/c33-31-27-32(35-13-34-31)37(14-36-27)24-11-21(38)23(43-24)12-42-22-10-9-20-19-8-7-17-16-4-2-1-3-15(16)5-6-18(17)25(19)29(40)30(41)26(20)28(22)39/h1-10,13-14,21-24,28-30,38-41H,11-12H2,(H2,33,34,35)/t21-,22+,23+,24+,28-,29-,30+/m0/s1. The molecule has 0 unspecified atom stereocenters. The Morgan fingerprint density at radius 2 is 1.74 bits per heavy atom. The number of ether oxygens (including phenoxy) is 2. The second kappa shape index (κ2) is 9.91. The highest BCUT2D eigenvalue weighted by molar-refractivity contribution is 6.10. The number of nitrogens with zero attached hydrogens (tertiary/aromatic N) is 4. The Balaban J connectivity index is 1.04. The predicted octanol–water partition coefficient (Wildman–Crippen LogP) is 2.54. The lowest BCUT2D eigenvalue weighted by atomic mass is 9.74. The summed E-state index contributed by atoms with van der Waals surface area (Å²) < 4.78 is 13.8. The summed E-state index contributed by atoms with van der Waals surface area (Å²) in [7, 11) is 0. The van der Waals surface area contributed by atoms with Crippen LogP contribution in [0.15, 0.2) is 78.9 Å². The summed E-state index contributed by atoms with van der Waals surface area (Å²) >= 11 is 0. The van der Waals surface area contributed by atoms with E-state index in [0.717, 1.165) is 27.1 Å². The summed E-state index contributed by atoms with van der Waals surface area (Å²) in [5.41, 5.74) is 9.23. The van der Waals surface area contributed by atoms with E-state index in [1.165, 1.54) is 6.33 Å². The Labute approximate surface area is 245 Å². The lowest BCUT2D eigenvalue weighted by Gasteiger charge is -2.38. The number of imidazole rings is 1.